The van der Waals surface area contributed by atoms with Gasteiger partial charge in [0, 0.05) is 50.4 Å². The van der Waals surface area contributed by atoms with Crippen LogP contribution >= 0.6 is 0 Å². The van der Waals surface area contributed by atoms with Gasteiger partial charge in [0.2, 0.25) is 5.95 Å². The fourth-order valence-electron chi connectivity index (χ4n) is 5.80. The van der Waals surface area contributed by atoms with Gasteiger partial charge in [0.25, 0.3) is 0 Å². The fourth-order valence-corrected chi connectivity index (χ4v) is 5.80. The van der Waals surface area contributed by atoms with E-state index in [1.165, 1.54) is 31.4 Å². The third kappa shape index (κ3) is 4.79. The quantitative estimate of drug-likeness (QED) is 0.410. The Morgan fingerprint density at radius 2 is 1.79 bits per heavy atom. The number of hydrogen-bond donors (Lipinski definition) is 1. The molecule has 2 aliphatic carbocycles. The van der Waals surface area contributed by atoms with Crippen LogP contribution in [-0.2, 0) is 11.2 Å². The number of nitrogens with zero attached hydrogens (tertiary/aromatic N) is 7. The number of anilines is 3. The van der Waals surface area contributed by atoms with Crippen molar-refractivity contribution in [1.29, 1.82) is 0 Å². The second kappa shape index (κ2) is 9.56. The molecule has 0 radical (unpaired) electrons. The molecule has 0 unspecified atom stereocenters. The van der Waals surface area contributed by atoms with Crippen LogP contribution in [0.3, 0.4) is 0 Å². The van der Waals surface area contributed by atoms with Gasteiger partial charge in [0.15, 0.2) is 0 Å². The molecule has 38 heavy (non-hydrogen) atoms. The van der Waals surface area contributed by atoms with E-state index >= 15 is 0 Å². The molecule has 3 aromatic heterocycles. The Balaban J connectivity index is 1.12. The highest BCUT2D eigenvalue weighted by Crippen LogP contribution is 2.41. The van der Waals surface area contributed by atoms with Gasteiger partial charge in [-0.05, 0) is 52.7 Å². The van der Waals surface area contributed by atoms with E-state index in [1.54, 1.807) is 4.90 Å². The van der Waals surface area contributed by atoms with Gasteiger partial charge in [-0.15, -0.1) is 0 Å². The van der Waals surface area contributed by atoms with Crippen LogP contribution in [0.2, 0.25) is 0 Å². The van der Waals surface area contributed by atoms with Gasteiger partial charge < -0.3 is 24.4 Å². The van der Waals surface area contributed by atoms with Crippen molar-refractivity contribution in [2.75, 3.05) is 36.4 Å². The third-order valence-corrected chi connectivity index (χ3v) is 7.58. The molecule has 1 amide bonds. The Bertz CT molecular complexity index is 1330. The van der Waals surface area contributed by atoms with Crippen molar-refractivity contribution in [2.45, 2.75) is 71.4 Å². The number of hydrogen-bond acceptors (Lipinski definition) is 8. The number of ether oxygens (including phenoxy) is 1. The molecule has 0 bridgehead atoms. The van der Waals surface area contributed by atoms with Gasteiger partial charge in [0.1, 0.15) is 17.2 Å². The van der Waals surface area contributed by atoms with Crippen molar-refractivity contribution in [2.24, 2.45) is 0 Å². The predicted octanol–water partition coefficient (Wildman–Crippen LogP) is 4.86. The standard InChI is InChI=1S/C28H36N8O2/c1-18-31-22-15-19-16-30-26(33-24(19)25(22)36(18)20-7-5-6-8-20)32-23-10-9-21(17-29-23)34-11-13-35(14-12-34)27(37)38-28(2,3)4/h9-10,16-17,20H,5-8,11-15H2,1-4H3,(H,29,30,32,33). The van der Waals surface area contributed by atoms with Crippen LogP contribution in [0, 0.1) is 6.92 Å². The minimum Gasteiger partial charge on any atom is -0.444 e. The second-order valence-electron chi connectivity index (χ2n) is 11.5. The smallest absolute Gasteiger partial charge is 0.410 e. The number of rotatable bonds is 4. The normalized spacial score (nSPS) is 17.5. The Labute approximate surface area is 223 Å². The van der Waals surface area contributed by atoms with Crippen LogP contribution in [0.1, 0.15) is 69.6 Å². The number of imidazole rings is 1. The average molecular weight is 517 g/mol. The van der Waals surface area contributed by atoms with Crippen LogP contribution in [0.25, 0.3) is 11.4 Å². The van der Waals surface area contributed by atoms with Crippen molar-refractivity contribution in [3.8, 4) is 11.4 Å². The number of carbonyl (C=O) groups excluding carboxylic acids is 1. The van der Waals surface area contributed by atoms with Crippen LogP contribution in [0.4, 0.5) is 22.2 Å². The van der Waals surface area contributed by atoms with E-state index in [2.05, 4.69) is 31.7 Å². The number of amides is 1. The number of pyridine rings is 1. The molecule has 10 heteroatoms. The molecule has 1 saturated heterocycles. The number of fused-ring (bicyclic) bond motifs is 3. The van der Waals surface area contributed by atoms with E-state index in [0.717, 1.165) is 48.0 Å². The zero-order valence-corrected chi connectivity index (χ0v) is 22.7. The number of aryl methyl sites for hydroxylation is 1. The summed E-state index contributed by atoms with van der Waals surface area (Å²) in [5.41, 5.74) is 4.95. The van der Waals surface area contributed by atoms with Gasteiger partial charge >= 0.3 is 6.09 Å². The molecule has 0 atom stereocenters. The molecule has 6 rings (SSSR count). The summed E-state index contributed by atoms with van der Waals surface area (Å²) in [6, 6.07) is 4.51. The molecule has 3 aromatic rings. The fraction of sp³-hybridized carbons (Fsp3) is 0.536. The highest BCUT2D eigenvalue weighted by molar-refractivity contribution is 5.71. The van der Waals surface area contributed by atoms with Crippen LogP contribution in [0.5, 0.6) is 0 Å². The maximum absolute atomic E-state index is 12.3. The molecule has 2 fully saturated rings. The molecule has 0 aromatic carbocycles. The second-order valence-corrected chi connectivity index (χ2v) is 11.5. The molecule has 3 aliphatic rings. The molecule has 4 heterocycles. The summed E-state index contributed by atoms with van der Waals surface area (Å²) in [4.78, 5) is 35.3. The van der Waals surface area contributed by atoms with E-state index in [-0.39, 0.29) is 6.09 Å². The lowest BCUT2D eigenvalue weighted by molar-refractivity contribution is 0.0240. The summed E-state index contributed by atoms with van der Waals surface area (Å²) in [6.45, 7) is 10.5. The van der Waals surface area contributed by atoms with Gasteiger partial charge in [-0.25, -0.2) is 24.7 Å². The molecule has 1 N–H and O–H groups in total. The Morgan fingerprint density at radius 1 is 1.03 bits per heavy atom. The van der Waals surface area contributed by atoms with Crippen LogP contribution in [0.15, 0.2) is 24.5 Å². The lowest BCUT2D eigenvalue weighted by Gasteiger charge is -2.36. The SMILES string of the molecule is Cc1nc2c(n1C1CCCC1)-c1nc(Nc3ccc(N4CCN(C(=O)OC(C)(C)C)CC4)cn3)ncc1C2. The number of aromatic nitrogens is 5. The monoisotopic (exact) mass is 516 g/mol. The zero-order valence-electron chi connectivity index (χ0n) is 22.7. The molecule has 10 nitrogen and oxygen atoms in total. The lowest BCUT2D eigenvalue weighted by atomic mass is 10.2. The highest BCUT2D eigenvalue weighted by atomic mass is 16.6. The van der Waals surface area contributed by atoms with Gasteiger partial charge in [-0.1, -0.05) is 12.8 Å². The predicted molar refractivity (Wildman–Crippen MR) is 146 cm³/mol. The van der Waals surface area contributed by atoms with Crippen molar-refractivity contribution in [3.63, 3.8) is 0 Å². The van der Waals surface area contributed by atoms with Crippen molar-refractivity contribution < 1.29 is 9.53 Å². The molecular weight excluding hydrogens is 480 g/mol. The first kappa shape index (κ1) is 24.6. The molecule has 0 spiro atoms. The van der Waals surface area contributed by atoms with Crippen molar-refractivity contribution >= 4 is 23.5 Å². The lowest BCUT2D eigenvalue weighted by Crippen LogP contribution is -2.50. The summed E-state index contributed by atoms with van der Waals surface area (Å²) < 4.78 is 7.92. The Morgan fingerprint density at radius 3 is 2.47 bits per heavy atom. The van der Waals surface area contributed by atoms with E-state index in [1.807, 2.05) is 45.3 Å². The number of piperazine rings is 1. The number of carbonyl (C=O) groups is 1. The first-order valence-corrected chi connectivity index (χ1v) is 13.6. The van der Waals surface area contributed by atoms with Crippen molar-refractivity contribution in [1.82, 2.24) is 29.4 Å². The largest absolute Gasteiger partial charge is 0.444 e. The zero-order chi connectivity index (χ0) is 26.4. The topological polar surface area (TPSA) is 101 Å². The minimum absolute atomic E-state index is 0.252. The number of nitrogens with one attached hydrogen (secondary N) is 1. The maximum Gasteiger partial charge on any atom is 0.410 e. The molecule has 200 valence electrons. The molecule has 1 aliphatic heterocycles. The van der Waals surface area contributed by atoms with E-state index in [0.29, 0.717) is 30.9 Å². The van der Waals surface area contributed by atoms with Gasteiger partial charge in [0.05, 0.1) is 29.0 Å². The summed E-state index contributed by atoms with van der Waals surface area (Å²) in [5, 5.41) is 3.28. The van der Waals surface area contributed by atoms with E-state index < -0.39 is 5.60 Å². The first-order chi connectivity index (χ1) is 18.2. The molecule has 1 saturated carbocycles. The Hall–Kier alpha value is -3.69. The average Bonchev–Trinajstić information content (AvgIpc) is 3.60. The Kier molecular flexibility index (Phi) is 6.20. The van der Waals surface area contributed by atoms with E-state index in [9.17, 15) is 4.79 Å². The van der Waals surface area contributed by atoms with Gasteiger partial charge in [-0.3, -0.25) is 0 Å². The highest BCUT2D eigenvalue weighted by Gasteiger charge is 2.32. The summed E-state index contributed by atoms with van der Waals surface area (Å²) in [5.74, 6) is 2.32. The van der Waals surface area contributed by atoms with Crippen LogP contribution in [-0.4, -0.2) is 67.3 Å². The minimum atomic E-state index is -0.484. The van der Waals surface area contributed by atoms with Gasteiger partial charge in [-0.2, -0.15) is 0 Å². The van der Waals surface area contributed by atoms with Crippen molar-refractivity contribution in [3.05, 3.63) is 41.6 Å². The summed E-state index contributed by atoms with van der Waals surface area (Å²) >= 11 is 0. The summed E-state index contributed by atoms with van der Waals surface area (Å²) in [7, 11) is 0. The van der Waals surface area contributed by atoms with Crippen LogP contribution < -0.4 is 10.2 Å². The summed E-state index contributed by atoms with van der Waals surface area (Å²) in [6.07, 6.45) is 9.29. The molecular formula is C28H36N8O2. The maximum atomic E-state index is 12.3. The van der Waals surface area contributed by atoms with E-state index in [4.69, 9.17) is 14.7 Å². The first-order valence-electron chi connectivity index (χ1n) is 13.6. The third-order valence-electron chi connectivity index (χ3n) is 7.58.